The molecule has 0 aliphatic heterocycles. The van der Waals surface area contributed by atoms with E-state index in [1.807, 2.05) is 42.5 Å². The number of pyridine rings is 1. The van der Waals surface area contributed by atoms with Gasteiger partial charge in [0, 0.05) is 17.3 Å². The molecule has 2 aromatic heterocycles. The summed E-state index contributed by atoms with van der Waals surface area (Å²) in [5, 5.41) is 3.78. The molecule has 2 heterocycles. The summed E-state index contributed by atoms with van der Waals surface area (Å²) in [7, 11) is 0. The molecule has 0 aliphatic carbocycles. The Bertz CT molecular complexity index is 915. The monoisotopic (exact) mass is 297 g/mol. The maximum Gasteiger partial charge on any atom is 0.131 e. The van der Waals surface area contributed by atoms with Crippen LogP contribution in [-0.2, 0) is 0 Å². The van der Waals surface area contributed by atoms with Crippen molar-refractivity contribution in [2.45, 2.75) is 0 Å². The van der Waals surface area contributed by atoms with Crippen LogP contribution in [0.2, 0.25) is 0 Å². The van der Waals surface area contributed by atoms with Gasteiger partial charge in [0.05, 0.1) is 11.9 Å². The van der Waals surface area contributed by atoms with Crippen molar-refractivity contribution in [3.05, 3.63) is 85.4 Å². The van der Waals surface area contributed by atoms with E-state index in [0.717, 1.165) is 33.5 Å². The van der Waals surface area contributed by atoms with Crippen LogP contribution in [0.15, 0.2) is 83.8 Å². The van der Waals surface area contributed by atoms with Gasteiger partial charge in [0.25, 0.3) is 0 Å². The largest absolute Gasteiger partial charge is 0.364 e. The van der Waals surface area contributed by atoms with Gasteiger partial charge in [-0.15, -0.1) is 0 Å². The summed E-state index contributed by atoms with van der Waals surface area (Å²) in [5.41, 5.74) is 6.29. The predicted octanol–water partition coefficient (Wildman–Crippen LogP) is 4.87. The fourth-order valence-electron chi connectivity index (χ4n) is 2.63. The summed E-state index contributed by atoms with van der Waals surface area (Å²) < 4.78 is 4.94. The molecule has 0 N–H and O–H groups in total. The number of hydrogen-bond donors (Lipinski definition) is 0. The maximum atomic E-state index is 4.94. The highest BCUT2D eigenvalue weighted by molar-refractivity contribution is 5.83. The second-order valence-electron chi connectivity index (χ2n) is 5.18. The quantitative estimate of drug-likeness (QED) is 0.541. The van der Waals surface area contributed by atoms with Crippen LogP contribution < -0.4 is 0 Å². The van der Waals surface area contributed by atoms with Gasteiger partial charge in [-0.05, 0) is 47.0 Å². The molecule has 4 aromatic rings. The lowest BCUT2D eigenvalue weighted by Crippen LogP contribution is -1.88. The molecular formula is C20H13N2O. The number of aromatic nitrogens is 2. The van der Waals surface area contributed by atoms with Crippen molar-refractivity contribution in [2.75, 3.05) is 0 Å². The van der Waals surface area contributed by atoms with Crippen molar-refractivity contribution in [3.8, 4) is 33.5 Å². The Morgan fingerprint density at radius 3 is 2.65 bits per heavy atom. The van der Waals surface area contributed by atoms with E-state index in [4.69, 9.17) is 4.52 Å². The molecule has 0 fully saturated rings. The van der Waals surface area contributed by atoms with Crippen LogP contribution in [0.5, 0.6) is 0 Å². The summed E-state index contributed by atoms with van der Waals surface area (Å²) in [5.74, 6) is 0. The molecule has 0 saturated heterocycles. The Morgan fingerprint density at radius 2 is 1.83 bits per heavy atom. The molecule has 3 nitrogen and oxygen atoms in total. The highest BCUT2D eigenvalue weighted by Crippen LogP contribution is 2.32. The molecular weight excluding hydrogens is 284 g/mol. The zero-order chi connectivity index (χ0) is 15.5. The zero-order valence-electron chi connectivity index (χ0n) is 12.3. The average molecular weight is 297 g/mol. The molecule has 4 rings (SSSR count). The van der Waals surface area contributed by atoms with Crippen LogP contribution in [0.25, 0.3) is 33.5 Å². The first-order valence-electron chi connectivity index (χ1n) is 7.33. The normalized spacial score (nSPS) is 10.6. The molecule has 23 heavy (non-hydrogen) atoms. The molecule has 0 atom stereocenters. The summed E-state index contributed by atoms with van der Waals surface area (Å²) in [6, 6.07) is 23.4. The Morgan fingerprint density at radius 1 is 0.870 bits per heavy atom. The first kappa shape index (κ1) is 13.5. The van der Waals surface area contributed by atoms with Crippen molar-refractivity contribution >= 4 is 0 Å². The smallest absolute Gasteiger partial charge is 0.131 e. The minimum Gasteiger partial charge on any atom is -0.364 e. The third kappa shape index (κ3) is 2.64. The third-order valence-corrected chi connectivity index (χ3v) is 3.74. The second-order valence-corrected chi connectivity index (χ2v) is 5.18. The van der Waals surface area contributed by atoms with Gasteiger partial charge in [0.2, 0.25) is 0 Å². The van der Waals surface area contributed by atoms with E-state index in [-0.39, 0.29) is 0 Å². The van der Waals surface area contributed by atoms with Crippen molar-refractivity contribution in [1.82, 2.24) is 10.1 Å². The van der Waals surface area contributed by atoms with E-state index in [1.165, 1.54) is 0 Å². The van der Waals surface area contributed by atoms with Crippen LogP contribution >= 0.6 is 0 Å². The van der Waals surface area contributed by atoms with E-state index in [2.05, 4.69) is 34.4 Å². The number of rotatable bonds is 3. The Balaban J connectivity index is 1.85. The minimum absolute atomic E-state index is 0.940. The van der Waals surface area contributed by atoms with Crippen molar-refractivity contribution in [2.24, 2.45) is 0 Å². The molecule has 2 aromatic carbocycles. The van der Waals surface area contributed by atoms with Gasteiger partial charge in [0.15, 0.2) is 0 Å². The molecule has 0 spiro atoms. The Hall–Kier alpha value is -3.20. The molecule has 109 valence electrons. The fraction of sp³-hybridized carbons (Fsp3) is 0. The van der Waals surface area contributed by atoms with Crippen molar-refractivity contribution < 1.29 is 4.52 Å². The standard InChI is InChI=1S/C20H13N2O/c1-2-9-19(20-10-3-4-11-21-20)18(8-1)16-7-5-6-15(12-16)17-13-22-23-14-17/h1,3-14H. The first-order chi connectivity index (χ1) is 11.4. The predicted molar refractivity (Wildman–Crippen MR) is 89.4 cm³/mol. The molecule has 0 saturated carbocycles. The Kier molecular flexibility index (Phi) is 3.45. The SMILES string of the molecule is [c]1ccc(-c2cccc(-c3cnoc3)c2)c(-c2ccccn2)c1. The zero-order valence-corrected chi connectivity index (χ0v) is 12.3. The molecule has 1 radical (unpaired) electrons. The summed E-state index contributed by atoms with van der Waals surface area (Å²) in [6.07, 6.45) is 5.18. The third-order valence-electron chi connectivity index (χ3n) is 3.74. The first-order valence-corrected chi connectivity index (χ1v) is 7.33. The summed E-state index contributed by atoms with van der Waals surface area (Å²) >= 11 is 0. The maximum absolute atomic E-state index is 4.94. The molecule has 0 aliphatic rings. The Labute approximate surface area is 134 Å². The van der Waals surface area contributed by atoms with Crippen LogP contribution in [0.3, 0.4) is 0 Å². The van der Waals surface area contributed by atoms with Gasteiger partial charge in [0.1, 0.15) is 6.26 Å². The van der Waals surface area contributed by atoms with E-state index < -0.39 is 0 Å². The summed E-state index contributed by atoms with van der Waals surface area (Å²) in [6.45, 7) is 0. The van der Waals surface area contributed by atoms with Gasteiger partial charge in [-0.2, -0.15) is 0 Å². The topological polar surface area (TPSA) is 38.9 Å². The minimum atomic E-state index is 0.940. The number of benzene rings is 2. The molecule has 0 amide bonds. The van der Waals surface area contributed by atoms with Gasteiger partial charge in [-0.3, -0.25) is 4.98 Å². The van der Waals surface area contributed by atoms with Gasteiger partial charge in [-0.25, -0.2) is 0 Å². The van der Waals surface area contributed by atoms with Gasteiger partial charge >= 0.3 is 0 Å². The van der Waals surface area contributed by atoms with E-state index >= 15 is 0 Å². The molecule has 0 bridgehead atoms. The highest BCUT2D eigenvalue weighted by Gasteiger charge is 2.09. The lowest BCUT2D eigenvalue weighted by molar-refractivity contribution is 0.420. The average Bonchev–Trinajstić information content (AvgIpc) is 3.17. The van der Waals surface area contributed by atoms with E-state index in [1.54, 1.807) is 18.7 Å². The number of nitrogens with zero attached hydrogens (tertiary/aromatic N) is 2. The van der Waals surface area contributed by atoms with Crippen LogP contribution in [0.4, 0.5) is 0 Å². The van der Waals surface area contributed by atoms with Gasteiger partial charge in [-0.1, -0.05) is 41.6 Å². The second kappa shape index (κ2) is 5.89. The van der Waals surface area contributed by atoms with Crippen LogP contribution in [0.1, 0.15) is 0 Å². The molecule has 0 unspecified atom stereocenters. The fourth-order valence-corrected chi connectivity index (χ4v) is 2.63. The molecule has 3 heteroatoms. The van der Waals surface area contributed by atoms with Crippen molar-refractivity contribution in [3.63, 3.8) is 0 Å². The van der Waals surface area contributed by atoms with E-state index in [9.17, 15) is 0 Å². The van der Waals surface area contributed by atoms with E-state index in [0.29, 0.717) is 0 Å². The summed E-state index contributed by atoms with van der Waals surface area (Å²) in [4.78, 5) is 4.46. The number of hydrogen-bond acceptors (Lipinski definition) is 3. The highest BCUT2D eigenvalue weighted by atomic mass is 16.5. The van der Waals surface area contributed by atoms with Crippen LogP contribution in [-0.4, -0.2) is 10.1 Å². The van der Waals surface area contributed by atoms with Crippen LogP contribution in [0, 0.1) is 6.07 Å². The van der Waals surface area contributed by atoms with Crippen molar-refractivity contribution in [1.29, 1.82) is 0 Å². The lowest BCUT2D eigenvalue weighted by atomic mass is 9.95. The lowest BCUT2D eigenvalue weighted by Gasteiger charge is -2.10. The van der Waals surface area contributed by atoms with Gasteiger partial charge < -0.3 is 4.52 Å².